The summed E-state index contributed by atoms with van der Waals surface area (Å²) >= 11 is 0. The highest BCUT2D eigenvalue weighted by Crippen LogP contribution is 2.35. The third kappa shape index (κ3) is 5.42. The Hall–Kier alpha value is -4.58. The molecule has 0 amide bonds. The number of aliphatic hydroxyl groups excluding tert-OH is 1. The van der Waals surface area contributed by atoms with Crippen LogP contribution in [0.5, 0.6) is 0 Å². The molecule has 4 heterocycles. The molecular weight excluding hydrogens is 519 g/mol. The van der Waals surface area contributed by atoms with E-state index in [-0.39, 0.29) is 18.5 Å². The maximum absolute atomic E-state index is 10.3. The first-order valence-electron chi connectivity index (χ1n) is 13.2. The van der Waals surface area contributed by atoms with Gasteiger partial charge in [0.2, 0.25) is 5.82 Å². The molecule has 206 valence electrons. The number of aromatic nitrogens is 4. The molecule has 2 aromatic carbocycles. The van der Waals surface area contributed by atoms with Gasteiger partial charge in [0, 0.05) is 31.3 Å². The Bertz CT molecular complexity index is 1650. The molecule has 41 heavy (non-hydrogen) atoms. The van der Waals surface area contributed by atoms with E-state index in [0.29, 0.717) is 28.6 Å². The second-order valence-electron chi connectivity index (χ2n) is 10.2. The van der Waals surface area contributed by atoms with Gasteiger partial charge in [-0.25, -0.2) is 4.98 Å². The van der Waals surface area contributed by atoms with E-state index in [2.05, 4.69) is 36.8 Å². The first-order valence-corrected chi connectivity index (χ1v) is 13.2. The number of hydrogen-bond donors (Lipinski definition) is 3. The van der Waals surface area contributed by atoms with Crippen LogP contribution >= 0.6 is 0 Å². The largest absolute Gasteiger partial charge is 0.494 e. The van der Waals surface area contributed by atoms with Crippen LogP contribution in [0.15, 0.2) is 89.7 Å². The molecule has 0 bridgehead atoms. The molecule has 0 fully saturated rings. The van der Waals surface area contributed by atoms with Crippen LogP contribution in [0.2, 0.25) is 0 Å². The average molecular weight is 548 g/mol. The van der Waals surface area contributed by atoms with Gasteiger partial charge in [0.05, 0.1) is 29.5 Å². The number of nitrogens with one attached hydrogen (secondary N) is 2. The van der Waals surface area contributed by atoms with Gasteiger partial charge < -0.3 is 29.6 Å². The molecule has 0 unspecified atom stereocenters. The van der Waals surface area contributed by atoms with Crippen molar-refractivity contribution in [3.05, 3.63) is 96.3 Å². The molecule has 1 atom stereocenters. The van der Waals surface area contributed by atoms with E-state index in [4.69, 9.17) is 13.8 Å². The molecule has 0 aliphatic carbocycles. The van der Waals surface area contributed by atoms with Crippen LogP contribution in [-0.4, -0.2) is 46.1 Å². The first-order chi connectivity index (χ1) is 19.9. The van der Waals surface area contributed by atoms with Crippen molar-refractivity contribution in [3.63, 3.8) is 0 Å². The lowest BCUT2D eigenvalue weighted by atomic mass is 9.77. The molecule has 3 N–H and O–H groups in total. The van der Waals surface area contributed by atoms with Crippen LogP contribution in [-0.2, 0) is 14.9 Å². The summed E-state index contributed by atoms with van der Waals surface area (Å²) in [6.07, 6.45) is 3.34. The molecular formula is C30H29BN6O4. The van der Waals surface area contributed by atoms with Crippen molar-refractivity contribution in [3.8, 4) is 23.0 Å². The lowest BCUT2D eigenvalue weighted by Crippen LogP contribution is -2.31. The second kappa shape index (κ2) is 11.1. The molecule has 0 saturated heterocycles. The van der Waals surface area contributed by atoms with Crippen molar-refractivity contribution in [2.24, 2.45) is 0 Å². The Morgan fingerprint density at radius 1 is 1.02 bits per heavy atom. The van der Waals surface area contributed by atoms with Crippen molar-refractivity contribution in [2.45, 2.75) is 25.5 Å². The number of aliphatic hydroxyl groups is 1. The maximum atomic E-state index is 10.3. The van der Waals surface area contributed by atoms with E-state index in [9.17, 15) is 5.11 Å². The number of pyridine rings is 2. The minimum Gasteiger partial charge on any atom is -0.410 e. The zero-order valence-corrected chi connectivity index (χ0v) is 22.9. The van der Waals surface area contributed by atoms with Crippen LogP contribution in [0.4, 0.5) is 17.2 Å². The summed E-state index contributed by atoms with van der Waals surface area (Å²) in [6, 6.07) is 22.7. The Morgan fingerprint density at radius 3 is 2.61 bits per heavy atom. The highest BCUT2D eigenvalue weighted by Gasteiger charge is 2.42. The van der Waals surface area contributed by atoms with Crippen LogP contribution in [0.25, 0.3) is 23.0 Å². The number of anilines is 3. The van der Waals surface area contributed by atoms with E-state index < -0.39 is 12.7 Å². The summed E-state index contributed by atoms with van der Waals surface area (Å²) in [5, 5.41) is 21.2. The molecule has 11 heteroatoms. The topological polar surface area (TPSA) is 127 Å². The Labute approximate surface area is 237 Å². The van der Waals surface area contributed by atoms with Crippen molar-refractivity contribution >= 4 is 29.8 Å². The molecule has 1 aliphatic rings. The van der Waals surface area contributed by atoms with Crippen molar-refractivity contribution in [1.82, 2.24) is 20.1 Å². The highest BCUT2D eigenvalue weighted by molar-refractivity contribution is 6.63. The summed E-state index contributed by atoms with van der Waals surface area (Å²) in [6.45, 7) is 3.91. The Morgan fingerprint density at radius 2 is 1.85 bits per heavy atom. The SMILES string of the molecule is COB1OC(C)(C)c2cc(Nc3cc(N[C@H](CO)c4ccccc4)c(-c4nc(-c5ccccn5)no4)cn3)ccc21. The summed E-state index contributed by atoms with van der Waals surface area (Å²) in [5.74, 6) is 1.23. The fourth-order valence-electron chi connectivity index (χ4n) is 4.93. The average Bonchev–Trinajstić information content (AvgIpc) is 3.59. The van der Waals surface area contributed by atoms with E-state index >= 15 is 0 Å². The molecule has 3 aromatic heterocycles. The molecule has 1 aliphatic heterocycles. The standard InChI is InChI=1S/C30H29BN6O4/c1-30(2)22-15-20(12-13-23(22)31(39-3)41-30)34-27-16-25(35-26(18-38)19-9-5-4-6-10-19)21(17-33-27)29-36-28(37-40-29)24-11-7-8-14-32-24/h4-17,26,38H,18H2,1-3H3,(H2,33,34,35)/t26-/m1/s1. The van der Waals surface area contributed by atoms with Gasteiger partial charge in [-0.2, -0.15) is 4.98 Å². The zero-order chi connectivity index (χ0) is 28.4. The van der Waals surface area contributed by atoms with E-state index in [0.717, 1.165) is 22.3 Å². The fraction of sp³-hybridized carbons (Fsp3) is 0.200. The number of rotatable bonds is 9. The third-order valence-corrected chi connectivity index (χ3v) is 7.01. The minimum absolute atomic E-state index is 0.127. The summed E-state index contributed by atoms with van der Waals surface area (Å²) in [5.41, 5.74) is 5.17. The van der Waals surface area contributed by atoms with Crippen LogP contribution in [0, 0.1) is 0 Å². The summed E-state index contributed by atoms with van der Waals surface area (Å²) < 4.78 is 17.2. The maximum Gasteiger partial charge on any atom is 0.494 e. The molecule has 6 rings (SSSR count). The van der Waals surface area contributed by atoms with Crippen LogP contribution in [0.1, 0.15) is 31.0 Å². The van der Waals surface area contributed by atoms with Gasteiger partial charge in [-0.3, -0.25) is 4.98 Å². The predicted octanol–water partition coefficient (Wildman–Crippen LogP) is 4.69. The van der Waals surface area contributed by atoms with E-state index in [1.165, 1.54) is 0 Å². The number of benzene rings is 2. The van der Waals surface area contributed by atoms with Crippen LogP contribution in [0.3, 0.4) is 0 Å². The van der Waals surface area contributed by atoms with Crippen molar-refractivity contribution < 1.29 is 18.9 Å². The van der Waals surface area contributed by atoms with Gasteiger partial charge in [0.15, 0.2) is 0 Å². The number of hydrogen-bond acceptors (Lipinski definition) is 10. The lowest BCUT2D eigenvalue weighted by molar-refractivity contribution is 0.0930. The quantitative estimate of drug-likeness (QED) is 0.223. The Kier molecular flexibility index (Phi) is 7.23. The first kappa shape index (κ1) is 26.6. The zero-order valence-electron chi connectivity index (χ0n) is 22.9. The number of nitrogens with zero attached hydrogens (tertiary/aromatic N) is 4. The molecule has 0 radical (unpaired) electrons. The lowest BCUT2D eigenvalue weighted by Gasteiger charge is -2.21. The van der Waals surface area contributed by atoms with Gasteiger partial charge in [-0.1, -0.05) is 47.6 Å². The molecule has 10 nitrogen and oxygen atoms in total. The normalized spacial score (nSPS) is 14.5. The van der Waals surface area contributed by atoms with E-state index in [1.54, 1.807) is 19.5 Å². The van der Waals surface area contributed by atoms with E-state index in [1.807, 2.05) is 80.6 Å². The third-order valence-electron chi connectivity index (χ3n) is 7.01. The smallest absolute Gasteiger partial charge is 0.410 e. The fourth-order valence-corrected chi connectivity index (χ4v) is 4.93. The van der Waals surface area contributed by atoms with Crippen LogP contribution < -0.4 is 16.1 Å². The molecule has 0 spiro atoms. The van der Waals surface area contributed by atoms with Gasteiger partial charge >= 0.3 is 7.12 Å². The second-order valence-corrected chi connectivity index (χ2v) is 10.2. The predicted molar refractivity (Wildman–Crippen MR) is 157 cm³/mol. The van der Waals surface area contributed by atoms with Gasteiger partial charge in [0.1, 0.15) is 11.5 Å². The highest BCUT2D eigenvalue weighted by atomic mass is 16.6. The minimum atomic E-state index is -0.495. The monoisotopic (exact) mass is 548 g/mol. The number of fused-ring (bicyclic) bond motifs is 1. The van der Waals surface area contributed by atoms with Gasteiger partial charge in [-0.05, 0) is 54.7 Å². The summed E-state index contributed by atoms with van der Waals surface area (Å²) in [4.78, 5) is 13.5. The van der Waals surface area contributed by atoms with Gasteiger partial charge in [-0.15, -0.1) is 0 Å². The Balaban J connectivity index is 1.35. The summed E-state index contributed by atoms with van der Waals surface area (Å²) in [7, 11) is 1.24. The molecule has 5 aromatic rings. The van der Waals surface area contributed by atoms with Crippen molar-refractivity contribution in [1.29, 1.82) is 0 Å². The van der Waals surface area contributed by atoms with Crippen molar-refractivity contribution in [2.75, 3.05) is 24.4 Å². The van der Waals surface area contributed by atoms with Gasteiger partial charge in [0.25, 0.3) is 5.89 Å². The molecule has 0 saturated carbocycles.